The predicted molar refractivity (Wildman–Crippen MR) is 108 cm³/mol. The van der Waals surface area contributed by atoms with Crippen LogP contribution in [0.3, 0.4) is 0 Å². The van der Waals surface area contributed by atoms with Crippen molar-refractivity contribution in [2.45, 2.75) is 53.9 Å². The monoisotopic (exact) mass is 768 g/mol. The molecular weight excluding hydrogens is 744 g/mol. The molecule has 0 atom stereocenters. The minimum absolute atomic E-state index is 1.06. The second-order valence-corrected chi connectivity index (χ2v) is 148. The van der Waals surface area contributed by atoms with Gasteiger partial charge in [-0.05, 0) is 27.7 Å². The van der Waals surface area contributed by atoms with E-state index in [1.807, 2.05) is 0 Å². The Hall–Kier alpha value is 1.28. The molecule has 0 bridgehead atoms. The first kappa shape index (κ1) is 24.3. The first-order chi connectivity index (χ1) is 10.7. The van der Waals surface area contributed by atoms with E-state index in [9.17, 15) is 0 Å². The van der Waals surface area contributed by atoms with Crippen LogP contribution in [0.5, 0.6) is 0 Å². The van der Waals surface area contributed by atoms with Crippen molar-refractivity contribution >= 4 is 47.6 Å². The third-order valence-electron chi connectivity index (χ3n) is 2.95. The zero-order valence-corrected chi connectivity index (χ0v) is 26.1. The quantitative estimate of drug-likeness (QED) is 0.308. The number of halogens is 4. The van der Waals surface area contributed by atoms with Crippen LogP contribution in [-0.4, -0.2) is 9.13 Å². The second kappa shape index (κ2) is 13.5. The fourth-order valence-corrected chi connectivity index (χ4v) is 1.63. The van der Waals surface area contributed by atoms with Crippen LogP contribution in [0.15, 0.2) is 37.4 Å². The van der Waals surface area contributed by atoms with Crippen molar-refractivity contribution < 1.29 is 20.9 Å². The Morgan fingerprint density at radius 3 is 1.17 bits per heavy atom. The van der Waals surface area contributed by atoms with Gasteiger partial charge in [-0.25, -0.2) is 18.3 Å². The normalized spacial score (nSPS) is 10.4. The van der Waals surface area contributed by atoms with Gasteiger partial charge in [0.05, 0.1) is 26.2 Å². The summed E-state index contributed by atoms with van der Waals surface area (Å²) in [4.78, 5) is 0. The van der Waals surface area contributed by atoms with Crippen LogP contribution in [0, 0.1) is 0 Å². The van der Waals surface area contributed by atoms with Crippen LogP contribution in [0.4, 0.5) is 0 Å². The molecule has 0 aromatic carbocycles. The van der Waals surface area contributed by atoms with Gasteiger partial charge >= 0.3 is 59.4 Å². The summed E-state index contributed by atoms with van der Waals surface area (Å²) in [6.07, 6.45) is 12.6. The number of hydrogen-bond acceptors (Lipinski definition) is 0. The standard InChI is InChI=1S/2C7H13N2.4BrH.Hg/c2*1-3-8-5-6-9(4-2)7-8;;;;;/h2*5-7H,3-4H2,1-2H3;4*1H;/q2*+1;;;;;+2/p-4. The summed E-state index contributed by atoms with van der Waals surface area (Å²) in [5, 5.41) is 0. The molecule has 0 N–H and O–H groups in total. The molecule has 2 aromatic heterocycles. The number of rotatable bonds is 4. The molecule has 4 nitrogen and oxygen atoms in total. The third-order valence-corrected chi connectivity index (χ3v) is 2.95. The summed E-state index contributed by atoms with van der Waals surface area (Å²) in [7, 11) is 0. The second-order valence-electron chi connectivity index (χ2n) is 4.76. The van der Waals surface area contributed by atoms with Crippen molar-refractivity contribution in [3.8, 4) is 0 Å². The van der Waals surface area contributed by atoms with Crippen LogP contribution in [0.1, 0.15) is 27.7 Å². The van der Waals surface area contributed by atoms with Crippen molar-refractivity contribution in [2.75, 3.05) is 0 Å². The Balaban J connectivity index is 0.000000332. The molecule has 0 saturated heterocycles. The van der Waals surface area contributed by atoms with E-state index in [4.69, 9.17) is 0 Å². The number of nitrogens with zero attached hydrogens (tertiary/aromatic N) is 4. The van der Waals surface area contributed by atoms with E-state index in [-0.39, 0.29) is 0 Å². The van der Waals surface area contributed by atoms with E-state index in [0.29, 0.717) is 0 Å². The molecule has 0 unspecified atom stereocenters. The Labute approximate surface area is 167 Å². The van der Waals surface area contributed by atoms with Crippen LogP contribution in [0.2, 0.25) is 0 Å². The maximum absolute atomic E-state index is 3.36. The Kier molecular flexibility index (Phi) is 14.2. The molecule has 0 amide bonds. The van der Waals surface area contributed by atoms with Crippen molar-refractivity contribution in [3.63, 3.8) is 0 Å². The summed E-state index contributed by atoms with van der Waals surface area (Å²) >= 11 is 11.3. The van der Waals surface area contributed by atoms with Crippen molar-refractivity contribution in [3.05, 3.63) is 37.4 Å². The van der Waals surface area contributed by atoms with Crippen LogP contribution in [0.25, 0.3) is 0 Å². The van der Waals surface area contributed by atoms with E-state index < -0.39 is 11.8 Å². The molecule has 0 aliphatic carbocycles. The number of imidazole rings is 2. The summed E-state index contributed by atoms with van der Waals surface area (Å²) in [6.45, 7) is 12.8. The maximum atomic E-state index is 3.36. The van der Waals surface area contributed by atoms with Crippen LogP contribution >= 0.6 is 47.6 Å². The fraction of sp³-hybridized carbons (Fsp3) is 0.571. The molecule has 0 aliphatic rings. The molecule has 0 aliphatic heterocycles. The Morgan fingerprint density at radius 1 is 0.739 bits per heavy atom. The van der Waals surface area contributed by atoms with Gasteiger partial charge in [-0.2, -0.15) is 0 Å². The van der Waals surface area contributed by atoms with Gasteiger partial charge in [0.25, 0.3) is 0 Å². The van der Waals surface area contributed by atoms with Gasteiger partial charge < -0.3 is 0 Å². The van der Waals surface area contributed by atoms with E-state index in [0.717, 1.165) is 26.2 Å². The predicted octanol–water partition coefficient (Wildman–Crippen LogP) is 5.01. The van der Waals surface area contributed by atoms with Gasteiger partial charge in [0.2, 0.25) is 12.7 Å². The number of aromatic nitrogens is 4. The molecule has 2 heterocycles. The van der Waals surface area contributed by atoms with Gasteiger partial charge in [-0.1, -0.05) is 0 Å². The van der Waals surface area contributed by atoms with E-state index in [2.05, 4.69) is 131 Å². The summed E-state index contributed by atoms with van der Waals surface area (Å²) < 4.78 is 8.62. The van der Waals surface area contributed by atoms with E-state index in [1.165, 1.54) is 0 Å². The first-order valence-corrected chi connectivity index (χ1v) is 55.6. The summed E-state index contributed by atoms with van der Waals surface area (Å²) in [6, 6.07) is 0. The molecule has 23 heavy (non-hydrogen) atoms. The molecular formula is C14H26Br4HgN4. The van der Waals surface area contributed by atoms with Crippen molar-refractivity contribution in [2.24, 2.45) is 0 Å². The molecule has 0 radical (unpaired) electrons. The van der Waals surface area contributed by atoms with Gasteiger partial charge in [0.15, 0.2) is 0 Å². The minimum atomic E-state index is -2.14. The zero-order chi connectivity index (χ0) is 17.9. The Bertz CT molecular complexity index is 452. The van der Waals surface area contributed by atoms with Gasteiger partial charge in [-0.3, -0.25) is 0 Å². The fourth-order valence-electron chi connectivity index (χ4n) is 1.63. The van der Waals surface area contributed by atoms with Crippen LogP contribution < -0.4 is 9.13 Å². The SMILES string of the molecule is CCn1cc[n+](CC)c1.CCn1cc[n+](CC)c1.[Br][Hg-2]([Br])([Br])[Br]. The molecule has 0 fully saturated rings. The molecule has 2 aromatic rings. The van der Waals surface area contributed by atoms with Gasteiger partial charge in [-0.15, -0.1) is 0 Å². The topological polar surface area (TPSA) is 17.6 Å². The zero-order valence-electron chi connectivity index (χ0n) is 14.3. The van der Waals surface area contributed by atoms with E-state index >= 15 is 0 Å². The molecule has 9 heteroatoms. The molecule has 0 spiro atoms. The number of aryl methyl sites for hydroxylation is 4. The molecule has 132 valence electrons. The summed E-state index contributed by atoms with van der Waals surface area (Å²) in [5.74, 6) is 0. The Morgan fingerprint density at radius 2 is 1.04 bits per heavy atom. The first-order valence-electron chi connectivity index (χ1n) is 7.89. The average molecular weight is 771 g/mol. The number of hydrogen-bond donors (Lipinski definition) is 0. The summed E-state index contributed by atoms with van der Waals surface area (Å²) in [5.41, 5.74) is 0. The van der Waals surface area contributed by atoms with Gasteiger partial charge in [0, 0.05) is 0 Å². The van der Waals surface area contributed by atoms with Crippen molar-refractivity contribution in [1.29, 1.82) is 0 Å². The van der Waals surface area contributed by atoms with Crippen LogP contribution in [-0.2, 0) is 37.9 Å². The molecule has 2 rings (SSSR count). The van der Waals surface area contributed by atoms with Gasteiger partial charge in [0.1, 0.15) is 24.8 Å². The third kappa shape index (κ3) is 14.2. The molecule has 0 saturated carbocycles. The van der Waals surface area contributed by atoms with E-state index in [1.54, 1.807) is 0 Å². The average Bonchev–Trinajstić information content (AvgIpc) is 3.14. The van der Waals surface area contributed by atoms with Crippen molar-refractivity contribution in [1.82, 2.24) is 9.13 Å².